The number of nitrogens with zero attached hydrogens (tertiary/aromatic N) is 1. The van der Waals surface area contributed by atoms with Crippen molar-refractivity contribution in [3.8, 4) is 5.75 Å². The molecule has 6 heteroatoms. The lowest BCUT2D eigenvalue weighted by Gasteiger charge is -2.39. The van der Waals surface area contributed by atoms with Crippen LogP contribution >= 0.6 is 0 Å². The lowest BCUT2D eigenvalue weighted by Crippen LogP contribution is -2.54. The maximum Gasteiger partial charge on any atom is 0.573 e. The van der Waals surface area contributed by atoms with Crippen molar-refractivity contribution in [2.24, 2.45) is 0 Å². The fraction of sp³-hybridized carbons (Fsp3) is 0.538. The third kappa shape index (κ3) is 3.76. The summed E-state index contributed by atoms with van der Waals surface area (Å²) in [5.74, 6) is -0.177. The van der Waals surface area contributed by atoms with Crippen molar-refractivity contribution in [3.63, 3.8) is 0 Å². The fourth-order valence-corrected chi connectivity index (χ4v) is 2.24. The van der Waals surface area contributed by atoms with Gasteiger partial charge in [0.05, 0.1) is 0 Å². The lowest BCUT2D eigenvalue weighted by atomic mass is 10.1. The van der Waals surface area contributed by atoms with E-state index in [4.69, 9.17) is 0 Å². The van der Waals surface area contributed by atoms with Crippen LogP contribution in [-0.2, 0) is 0 Å². The Morgan fingerprint density at radius 2 is 2.05 bits per heavy atom. The molecule has 1 heterocycles. The number of rotatable bonds is 2. The minimum Gasteiger partial charge on any atom is -0.406 e. The monoisotopic (exact) mass is 274 g/mol. The smallest absolute Gasteiger partial charge is 0.406 e. The number of hydrogen-bond donors (Lipinski definition) is 1. The highest BCUT2D eigenvalue weighted by molar-refractivity contribution is 5.52. The molecular formula is C13H17F3N2O. The molecule has 106 valence electrons. The fourth-order valence-electron chi connectivity index (χ4n) is 2.24. The van der Waals surface area contributed by atoms with Gasteiger partial charge in [-0.05, 0) is 26.0 Å². The van der Waals surface area contributed by atoms with Gasteiger partial charge in [0.2, 0.25) is 0 Å². The molecule has 1 fully saturated rings. The van der Waals surface area contributed by atoms with Crippen LogP contribution in [0.4, 0.5) is 18.9 Å². The van der Waals surface area contributed by atoms with Crippen molar-refractivity contribution in [3.05, 3.63) is 24.3 Å². The Morgan fingerprint density at radius 3 is 2.74 bits per heavy atom. The van der Waals surface area contributed by atoms with Crippen LogP contribution in [0.3, 0.4) is 0 Å². The molecule has 1 saturated heterocycles. The summed E-state index contributed by atoms with van der Waals surface area (Å²) in [4.78, 5) is 2.09. The Labute approximate surface area is 110 Å². The Bertz CT molecular complexity index is 436. The zero-order valence-corrected chi connectivity index (χ0v) is 10.9. The van der Waals surface area contributed by atoms with Gasteiger partial charge in [-0.1, -0.05) is 6.07 Å². The number of halogens is 3. The minimum absolute atomic E-state index is 0.177. The second-order valence-electron chi connectivity index (χ2n) is 4.86. The quantitative estimate of drug-likeness (QED) is 0.897. The summed E-state index contributed by atoms with van der Waals surface area (Å²) in [6.45, 7) is 5.66. The van der Waals surface area contributed by atoms with E-state index in [2.05, 4.69) is 21.9 Å². The number of benzene rings is 1. The zero-order chi connectivity index (χ0) is 14.0. The van der Waals surface area contributed by atoms with Crippen molar-refractivity contribution < 1.29 is 17.9 Å². The SMILES string of the molecule is CC1CN(c2cccc(OC(F)(F)F)c2)C(C)CN1. The highest BCUT2D eigenvalue weighted by atomic mass is 19.4. The Balaban J connectivity index is 2.18. The molecule has 1 aromatic carbocycles. The molecule has 0 aliphatic carbocycles. The van der Waals surface area contributed by atoms with E-state index in [1.54, 1.807) is 12.1 Å². The van der Waals surface area contributed by atoms with Gasteiger partial charge in [-0.15, -0.1) is 13.2 Å². The van der Waals surface area contributed by atoms with Crippen LogP contribution in [0.25, 0.3) is 0 Å². The molecule has 0 spiro atoms. The number of hydrogen-bond acceptors (Lipinski definition) is 3. The van der Waals surface area contributed by atoms with Gasteiger partial charge in [0.15, 0.2) is 0 Å². The van der Waals surface area contributed by atoms with Crippen LogP contribution in [0, 0.1) is 0 Å². The number of alkyl halides is 3. The summed E-state index contributed by atoms with van der Waals surface area (Å²) in [7, 11) is 0. The molecule has 1 aliphatic heterocycles. The predicted octanol–water partition coefficient (Wildman–Crippen LogP) is 2.77. The first-order valence-electron chi connectivity index (χ1n) is 6.21. The third-order valence-electron chi connectivity index (χ3n) is 3.15. The van der Waals surface area contributed by atoms with E-state index in [1.165, 1.54) is 12.1 Å². The van der Waals surface area contributed by atoms with Crippen LogP contribution < -0.4 is 15.0 Å². The van der Waals surface area contributed by atoms with E-state index >= 15 is 0 Å². The maximum absolute atomic E-state index is 12.2. The van der Waals surface area contributed by atoms with Gasteiger partial charge in [0.1, 0.15) is 5.75 Å². The summed E-state index contributed by atoms with van der Waals surface area (Å²) in [5.41, 5.74) is 0.752. The van der Waals surface area contributed by atoms with Crippen LogP contribution in [0.15, 0.2) is 24.3 Å². The molecule has 2 unspecified atom stereocenters. The summed E-state index contributed by atoms with van der Waals surface area (Å²) < 4.78 is 40.6. The third-order valence-corrected chi connectivity index (χ3v) is 3.15. The van der Waals surface area contributed by atoms with E-state index in [0.717, 1.165) is 18.8 Å². The van der Waals surface area contributed by atoms with Gasteiger partial charge in [0.25, 0.3) is 0 Å². The van der Waals surface area contributed by atoms with E-state index in [0.29, 0.717) is 6.04 Å². The Morgan fingerprint density at radius 1 is 1.32 bits per heavy atom. The van der Waals surface area contributed by atoms with Crippen LogP contribution in [0.5, 0.6) is 5.75 Å². The van der Waals surface area contributed by atoms with Crippen molar-refractivity contribution in [2.45, 2.75) is 32.3 Å². The number of ether oxygens (including phenoxy) is 1. The van der Waals surface area contributed by atoms with Gasteiger partial charge in [0, 0.05) is 36.9 Å². The van der Waals surface area contributed by atoms with Crippen molar-refractivity contribution in [1.82, 2.24) is 5.32 Å². The summed E-state index contributed by atoms with van der Waals surface area (Å²) in [6, 6.07) is 6.67. The molecule has 0 aromatic heterocycles. The number of nitrogens with one attached hydrogen (secondary N) is 1. The summed E-state index contributed by atoms with van der Waals surface area (Å²) >= 11 is 0. The zero-order valence-electron chi connectivity index (χ0n) is 10.9. The molecule has 1 aliphatic rings. The first-order chi connectivity index (χ1) is 8.85. The maximum atomic E-state index is 12.2. The molecule has 0 bridgehead atoms. The standard InChI is InChI=1S/C13H17F3N2O/c1-9-8-18(10(2)7-17-9)11-4-3-5-12(6-11)19-13(14,15)16/h3-6,9-10,17H,7-8H2,1-2H3. The van der Waals surface area contributed by atoms with Gasteiger partial charge >= 0.3 is 6.36 Å². The predicted molar refractivity (Wildman–Crippen MR) is 67.4 cm³/mol. The number of piperazine rings is 1. The second-order valence-corrected chi connectivity index (χ2v) is 4.86. The Kier molecular flexibility index (Phi) is 3.89. The molecule has 0 saturated carbocycles. The first kappa shape index (κ1) is 14.0. The molecule has 1 N–H and O–H groups in total. The van der Waals surface area contributed by atoms with Crippen molar-refractivity contribution >= 4 is 5.69 Å². The summed E-state index contributed by atoms with van der Waals surface area (Å²) in [6.07, 6.45) is -4.65. The van der Waals surface area contributed by atoms with Gasteiger partial charge in [-0.25, -0.2) is 0 Å². The largest absolute Gasteiger partial charge is 0.573 e. The highest BCUT2D eigenvalue weighted by Gasteiger charge is 2.31. The van der Waals surface area contributed by atoms with Crippen LogP contribution in [-0.4, -0.2) is 31.5 Å². The van der Waals surface area contributed by atoms with Gasteiger partial charge < -0.3 is 15.0 Å². The highest BCUT2D eigenvalue weighted by Crippen LogP contribution is 2.28. The molecule has 0 amide bonds. The van der Waals surface area contributed by atoms with Crippen molar-refractivity contribution in [2.75, 3.05) is 18.0 Å². The Hall–Kier alpha value is -1.43. The van der Waals surface area contributed by atoms with E-state index in [1.807, 2.05) is 6.92 Å². The lowest BCUT2D eigenvalue weighted by molar-refractivity contribution is -0.274. The second kappa shape index (κ2) is 5.28. The van der Waals surface area contributed by atoms with Crippen LogP contribution in [0.1, 0.15) is 13.8 Å². The molecule has 2 atom stereocenters. The van der Waals surface area contributed by atoms with Gasteiger partial charge in [-0.3, -0.25) is 0 Å². The first-order valence-corrected chi connectivity index (χ1v) is 6.21. The molecule has 2 rings (SSSR count). The van der Waals surface area contributed by atoms with E-state index in [9.17, 15) is 13.2 Å². The van der Waals surface area contributed by atoms with E-state index in [-0.39, 0.29) is 11.8 Å². The van der Waals surface area contributed by atoms with Crippen LogP contribution in [0.2, 0.25) is 0 Å². The number of anilines is 1. The topological polar surface area (TPSA) is 24.5 Å². The average molecular weight is 274 g/mol. The summed E-state index contributed by atoms with van der Waals surface area (Å²) in [5, 5.41) is 3.33. The minimum atomic E-state index is -4.65. The van der Waals surface area contributed by atoms with E-state index < -0.39 is 6.36 Å². The molecule has 1 aromatic rings. The normalized spacial score (nSPS) is 24.4. The van der Waals surface area contributed by atoms with Crippen molar-refractivity contribution in [1.29, 1.82) is 0 Å². The molecular weight excluding hydrogens is 257 g/mol. The molecule has 0 radical (unpaired) electrons. The average Bonchev–Trinajstić information content (AvgIpc) is 2.30. The molecule has 19 heavy (non-hydrogen) atoms. The van der Waals surface area contributed by atoms with Gasteiger partial charge in [-0.2, -0.15) is 0 Å². The molecule has 3 nitrogen and oxygen atoms in total.